The summed E-state index contributed by atoms with van der Waals surface area (Å²) in [4.78, 5) is 13.4. The smallest absolute Gasteiger partial charge is 0.153 e. The molecule has 5 aromatic carbocycles. The Morgan fingerprint density at radius 2 is 1.20 bits per heavy atom. The van der Waals surface area contributed by atoms with E-state index in [1.54, 1.807) is 6.20 Å². The molecule has 0 aliphatic heterocycles. The van der Waals surface area contributed by atoms with E-state index in [0.717, 1.165) is 67.2 Å². The van der Waals surface area contributed by atoms with E-state index >= 15 is 0 Å². The molecule has 0 saturated carbocycles. The van der Waals surface area contributed by atoms with Crippen LogP contribution in [0.3, 0.4) is 0 Å². The molecule has 0 fully saturated rings. The summed E-state index contributed by atoms with van der Waals surface area (Å²) in [5.74, 6) is 0.766. The normalized spacial score (nSPS) is 10.6. The number of furan rings is 1. The summed E-state index contributed by atoms with van der Waals surface area (Å²) in [6.45, 7) is 4.20. The van der Waals surface area contributed by atoms with Gasteiger partial charge in [-0.1, -0.05) is 124 Å². The Balaban J connectivity index is 0.000000200. The van der Waals surface area contributed by atoms with Crippen LogP contribution in [0.4, 0.5) is 0 Å². The van der Waals surface area contributed by atoms with Crippen LogP contribution in [0.1, 0.15) is 11.1 Å². The van der Waals surface area contributed by atoms with E-state index in [0.29, 0.717) is 0 Å². The molecule has 0 aliphatic rings. The fourth-order valence-electron chi connectivity index (χ4n) is 6.48. The number of nitrogens with zero attached hydrogens (tertiary/aromatic N) is 3. The Labute approximate surface area is 329 Å². The van der Waals surface area contributed by atoms with Gasteiger partial charge < -0.3 is 14.4 Å². The van der Waals surface area contributed by atoms with Crippen LogP contribution < -0.4 is 0 Å². The number of aryl methyl sites for hydroxylation is 2. The number of fused-ring (bicyclic) bond motifs is 1. The molecule has 0 amide bonds. The number of benzene rings is 5. The Hall–Kier alpha value is -6.26. The van der Waals surface area contributed by atoms with Gasteiger partial charge in [-0.25, -0.2) is 0 Å². The van der Waals surface area contributed by atoms with Crippen LogP contribution in [0.15, 0.2) is 181 Å². The van der Waals surface area contributed by atoms with Gasteiger partial charge in [0.15, 0.2) is 5.76 Å². The second kappa shape index (κ2) is 16.6. The van der Waals surface area contributed by atoms with E-state index < -0.39 is 0 Å². The van der Waals surface area contributed by atoms with E-state index in [4.69, 9.17) is 4.42 Å². The van der Waals surface area contributed by atoms with Crippen molar-refractivity contribution in [2.75, 3.05) is 0 Å². The molecule has 9 rings (SSSR count). The standard InChI is InChI=1S/C32H23N2O.C17H12N.Ir/c1-21-6-5-7-23(16-21)27-11-9-25(30-17-22(2)13-15-34-30)19-28(27)24-10-12-31-26(18-24)20-32(35-31)29-8-3-4-14-33-29;1-2-8-14(9-3-1)15-10-4-5-11-16(15)17-12-6-7-13-18-17;/h3-8,10-20H,1-2H3;1-10,12-13H;/q2*-1;. The van der Waals surface area contributed by atoms with Gasteiger partial charge in [-0.05, 0) is 73.3 Å². The molecule has 0 unspecified atom stereocenters. The molecule has 4 nitrogen and oxygen atoms in total. The van der Waals surface area contributed by atoms with Gasteiger partial charge in [0.1, 0.15) is 11.3 Å². The first-order valence-electron chi connectivity index (χ1n) is 17.6. The number of hydrogen-bond donors (Lipinski definition) is 0. The molecule has 4 heterocycles. The van der Waals surface area contributed by atoms with Gasteiger partial charge in [-0.3, -0.25) is 4.98 Å². The van der Waals surface area contributed by atoms with E-state index in [1.165, 1.54) is 22.3 Å². The summed E-state index contributed by atoms with van der Waals surface area (Å²) < 4.78 is 6.10. The minimum absolute atomic E-state index is 0. The molecule has 263 valence electrons. The van der Waals surface area contributed by atoms with Crippen molar-refractivity contribution in [1.29, 1.82) is 0 Å². The van der Waals surface area contributed by atoms with E-state index in [1.807, 2.05) is 91.3 Å². The summed E-state index contributed by atoms with van der Waals surface area (Å²) >= 11 is 0. The van der Waals surface area contributed by atoms with E-state index in [9.17, 15) is 0 Å². The number of aromatic nitrogens is 3. The second-order valence-electron chi connectivity index (χ2n) is 12.9. The minimum Gasteiger partial charge on any atom is -0.454 e. The van der Waals surface area contributed by atoms with Gasteiger partial charge >= 0.3 is 0 Å². The van der Waals surface area contributed by atoms with Gasteiger partial charge in [-0.2, -0.15) is 0 Å². The van der Waals surface area contributed by atoms with Gasteiger partial charge in [0.05, 0.1) is 0 Å². The monoisotopic (exact) mass is 874 g/mol. The quantitative estimate of drug-likeness (QED) is 0.156. The van der Waals surface area contributed by atoms with Gasteiger partial charge in [0.2, 0.25) is 0 Å². The molecular weight excluding hydrogens is 839 g/mol. The zero-order valence-electron chi connectivity index (χ0n) is 29.8. The Bertz CT molecular complexity index is 2580. The third kappa shape index (κ3) is 8.04. The van der Waals surface area contributed by atoms with Crippen LogP contribution in [-0.4, -0.2) is 15.0 Å². The van der Waals surface area contributed by atoms with Crippen molar-refractivity contribution in [2.45, 2.75) is 13.8 Å². The fraction of sp³-hybridized carbons (Fsp3) is 0.0408. The molecule has 5 heteroatoms. The molecule has 0 aliphatic carbocycles. The van der Waals surface area contributed by atoms with Crippen LogP contribution in [0.2, 0.25) is 0 Å². The molecule has 0 atom stereocenters. The summed E-state index contributed by atoms with van der Waals surface area (Å²) in [5.41, 5.74) is 14.9. The first-order chi connectivity index (χ1) is 26.1. The second-order valence-corrected chi connectivity index (χ2v) is 12.9. The Morgan fingerprint density at radius 3 is 1.96 bits per heavy atom. The molecule has 9 aromatic rings. The Morgan fingerprint density at radius 1 is 0.481 bits per heavy atom. The van der Waals surface area contributed by atoms with E-state index in [-0.39, 0.29) is 20.1 Å². The topological polar surface area (TPSA) is 51.8 Å². The van der Waals surface area contributed by atoms with Gasteiger partial charge in [0.25, 0.3) is 0 Å². The van der Waals surface area contributed by atoms with Crippen LogP contribution in [-0.2, 0) is 20.1 Å². The van der Waals surface area contributed by atoms with Crippen LogP contribution in [0, 0.1) is 26.0 Å². The van der Waals surface area contributed by atoms with E-state index in [2.05, 4.69) is 120 Å². The summed E-state index contributed by atoms with van der Waals surface area (Å²) in [5, 5.41) is 1.04. The van der Waals surface area contributed by atoms with Crippen LogP contribution in [0.5, 0.6) is 0 Å². The maximum Gasteiger partial charge on any atom is 0.153 e. The zero-order valence-corrected chi connectivity index (χ0v) is 32.2. The van der Waals surface area contributed by atoms with Crippen molar-refractivity contribution in [3.05, 3.63) is 200 Å². The van der Waals surface area contributed by atoms with Crippen LogP contribution >= 0.6 is 0 Å². The average molecular weight is 874 g/mol. The first kappa shape index (κ1) is 36.1. The van der Waals surface area contributed by atoms with Crippen molar-refractivity contribution >= 4 is 11.0 Å². The minimum atomic E-state index is 0. The maximum atomic E-state index is 6.10. The Kier molecular flexibility index (Phi) is 11.1. The maximum absolute atomic E-state index is 6.10. The first-order valence-corrected chi connectivity index (χ1v) is 17.6. The van der Waals surface area contributed by atoms with Crippen molar-refractivity contribution in [1.82, 2.24) is 15.0 Å². The molecule has 1 radical (unpaired) electrons. The number of hydrogen-bond acceptors (Lipinski definition) is 4. The van der Waals surface area contributed by atoms with Crippen molar-refractivity contribution in [3.8, 4) is 67.3 Å². The van der Waals surface area contributed by atoms with Gasteiger partial charge in [-0.15, -0.1) is 53.6 Å². The van der Waals surface area contributed by atoms with Gasteiger partial charge in [0, 0.05) is 44.1 Å². The fourth-order valence-corrected chi connectivity index (χ4v) is 6.48. The molecule has 54 heavy (non-hydrogen) atoms. The van der Waals surface area contributed by atoms with Crippen molar-refractivity contribution in [3.63, 3.8) is 0 Å². The third-order valence-corrected chi connectivity index (χ3v) is 9.08. The SMILES string of the molecule is Cc1cccc(-c2c[c-]c(-c3cc(C)ccn3)cc2-c2ccc3oc(-c4ccccn4)cc3c2)c1.[Ir].[c-]1cccc(-c2ccccc2)c1-c1ccccn1. The van der Waals surface area contributed by atoms with Crippen LogP contribution in [0.25, 0.3) is 78.3 Å². The summed E-state index contributed by atoms with van der Waals surface area (Å²) in [6, 6.07) is 60.3. The molecule has 0 spiro atoms. The number of pyridine rings is 3. The summed E-state index contributed by atoms with van der Waals surface area (Å²) in [7, 11) is 0. The predicted molar refractivity (Wildman–Crippen MR) is 216 cm³/mol. The molecule has 0 N–H and O–H groups in total. The molecule has 0 bridgehead atoms. The molecule has 4 aromatic heterocycles. The predicted octanol–water partition coefficient (Wildman–Crippen LogP) is 12.5. The molecular formula is C49H35IrN3O-2. The summed E-state index contributed by atoms with van der Waals surface area (Å²) in [6.07, 6.45) is 5.44. The largest absolute Gasteiger partial charge is 0.454 e. The zero-order chi connectivity index (χ0) is 36.0. The third-order valence-electron chi connectivity index (χ3n) is 9.08. The van der Waals surface area contributed by atoms with Crippen molar-refractivity contribution in [2.24, 2.45) is 0 Å². The van der Waals surface area contributed by atoms with Crippen molar-refractivity contribution < 1.29 is 24.5 Å². The number of rotatable bonds is 6. The molecule has 0 saturated heterocycles. The average Bonchev–Trinajstić information content (AvgIpc) is 3.66.